The summed E-state index contributed by atoms with van der Waals surface area (Å²) in [6, 6.07) is 6.48. The molecular formula is C13H14Cl2FNOS. The van der Waals surface area contributed by atoms with Crippen molar-refractivity contribution in [3.63, 3.8) is 0 Å². The Kier molecular flexibility index (Phi) is 6.07. The number of hydrogen-bond acceptors (Lipinski definition) is 3. The van der Waals surface area contributed by atoms with Crippen LogP contribution in [-0.4, -0.2) is 6.61 Å². The predicted octanol–water partition coefficient (Wildman–Crippen LogP) is 4.41. The molecule has 0 bridgehead atoms. The molecule has 2 aromatic rings. The molecule has 2 rings (SSSR count). The van der Waals surface area contributed by atoms with Crippen LogP contribution in [0.3, 0.4) is 0 Å². The van der Waals surface area contributed by atoms with Crippen LogP contribution in [0, 0.1) is 5.82 Å². The summed E-state index contributed by atoms with van der Waals surface area (Å²) >= 11 is 7.53. The van der Waals surface area contributed by atoms with E-state index in [-0.39, 0.29) is 29.2 Å². The monoisotopic (exact) mass is 321 g/mol. The lowest BCUT2D eigenvalue weighted by molar-refractivity contribution is 0.321. The minimum atomic E-state index is -0.480. The van der Waals surface area contributed by atoms with Crippen molar-refractivity contribution in [2.45, 2.75) is 13.0 Å². The second-order valence-electron chi connectivity index (χ2n) is 3.74. The molecule has 0 fully saturated rings. The molecule has 0 spiro atoms. The highest BCUT2D eigenvalue weighted by molar-refractivity contribution is 7.10. The smallest absolute Gasteiger partial charge is 0.173 e. The molecule has 0 amide bonds. The van der Waals surface area contributed by atoms with Crippen molar-refractivity contribution >= 4 is 35.3 Å². The Labute approximate surface area is 126 Å². The van der Waals surface area contributed by atoms with E-state index >= 15 is 0 Å². The van der Waals surface area contributed by atoms with Crippen molar-refractivity contribution in [2.24, 2.45) is 5.73 Å². The van der Waals surface area contributed by atoms with Crippen molar-refractivity contribution in [1.82, 2.24) is 0 Å². The Morgan fingerprint density at radius 1 is 1.47 bits per heavy atom. The van der Waals surface area contributed by atoms with Gasteiger partial charge in [0.25, 0.3) is 0 Å². The molecule has 1 aromatic heterocycles. The molecule has 0 aliphatic heterocycles. The largest absolute Gasteiger partial charge is 0.489 e. The molecule has 2 N–H and O–H groups in total. The van der Waals surface area contributed by atoms with Crippen molar-refractivity contribution in [3.05, 3.63) is 50.9 Å². The van der Waals surface area contributed by atoms with Gasteiger partial charge in [-0.1, -0.05) is 17.7 Å². The zero-order valence-electron chi connectivity index (χ0n) is 10.2. The summed E-state index contributed by atoms with van der Waals surface area (Å²) in [5, 5.41) is 2.18. The molecule has 6 heteroatoms. The van der Waals surface area contributed by atoms with Crippen molar-refractivity contribution in [3.8, 4) is 5.75 Å². The number of rotatable bonds is 4. The molecule has 0 unspecified atom stereocenters. The lowest BCUT2D eigenvalue weighted by Gasteiger charge is -2.13. The van der Waals surface area contributed by atoms with Crippen LogP contribution >= 0.6 is 35.3 Å². The number of halogens is 3. The molecule has 1 atom stereocenters. The third-order valence-electron chi connectivity index (χ3n) is 2.52. The summed E-state index contributed by atoms with van der Waals surface area (Å²) < 4.78 is 19.0. The molecule has 104 valence electrons. The fourth-order valence-corrected chi connectivity index (χ4v) is 2.70. The van der Waals surface area contributed by atoms with Crippen LogP contribution in [-0.2, 0) is 0 Å². The molecule has 0 aliphatic rings. The fraction of sp³-hybridized carbons (Fsp3) is 0.231. The van der Waals surface area contributed by atoms with Crippen LogP contribution in [0.4, 0.5) is 4.39 Å². The average Bonchev–Trinajstić information content (AvgIpc) is 2.86. The normalized spacial score (nSPS) is 11.8. The van der Waals surface area contributed by atoms with E-state index in [0.29, 0.717) is 12.2 Å². The third-order valence-corrected chi connectivity index (χ3v) is 3.75. The molecular weight excluding hydrogens is 308 g/mol. The molecule has 0 radical (unpaired) electrons. The lowest BCUT2D eigenvalue weighted by atomic mass is 10.1. The second kappa shape index (κ2) is 7.10. The third kappa shape index (κ3) is 3.60. The van der Waals surface area contributed by atoms with Gasteiger partial charge >= 0.3 is 0 Å². The summed E-state index contributed by atoms with van der Waals surface area (Å²) in [6.07, 6.45) is 0. The van der Waals surface area contributed by atoms with Gasteiger partial charge in [-0.2, -0.15) is 0 Å². The van der Waals surface area contributed by atoms with Crippen LogP contribution in [0.25, 0.3) is 0 Å². The summed E-state index contributed by atoms with van der Waals surface area (Å²) in [5.74, 6) is -0.396. The van der Waals surface area contributed by atoms with Gasteiger partial charge in [0.2, 0.25) is 0 Å². The highest BCUT2D eigenvalue weighted by Gasteiger charge is 2.16. The van der Waals surface area contributed by atoms with Gasteiger partial charge in [-0.3, -0.25) is 0 Å². The van der Waals surface area contributed by atoms with Gasteiger partial charge in [0.1, 0.15) is 0 Å². The highest BCUT2D eigenvalue weighted by atomic mass is 35.5. The zero-order chi connectivity index (χ0) is 13.1. The molecule has 0 saturated heterocycles. The number of nitrogens with two attached hydrogens (primary N) is 1. The molecule has 0 saturated carbocycles. The number of thiophene rings is 1. The van der Waals surface area contributed by atoms with Crippen LogP contribution in [0.2, 0.25) is 5.02 Å². The first-order valence-electron chi connectivity index (χ1n) is 5.54. The van der Waals surface area contributed by atoms with E-state index < -0.39 is 5.82 Å². The van der Waals surface area contributed by atoms with Gasteiger partial charge in [0.05, 0.1) is 17.7 Å². The summed E-state index contributed by atoms with van der Waals surface area (Å²) in [6.45, 7) is 2.15. The van der Waals surface area contributed by atoms with E-state index in [2.05, 4.69) is 0 Å². The maximum absolute atomic E-state index is 13.8. The Balaban J connectivity index is 0.00000180. The Hall–Kier alpha value is -0.810. The standard InChI is InChI=1S/C13H13ClFNOS.ClH/c1-2-17-13-9(14)6-8(7-10(13)15)12(16)11-4-3-5-18-11;/h3-7,12H,2,16H2,1H3;1H/t12-;/m0./s1. The van der Waals surface area contributed by atoms with E-state index in [1.807, 2.05) is 17.5 Å². The maximum Gasteiger partial charge on any atom is 0.173 e. The van der Waals surface area contributed by atoms with Gasteiger partial charge in [-0.25, -0.2) is 4.39 Å². The van der Waals surface area contributed by atoms with Crippen LogP contribution < -0.4 is 10.5 Å². The summed E-state index contributed by atoms with van der Waals surface area (Å²) in [4.78, 5) is 0.967. The number of benzene rings is 1. The van der Waals surface area contributed by atoms with Crippen LogP contribution in [0.1, 0.15) is 23.4 Å². The first-order valence-corrected chi connectivity index (χ1v) is 6.80. The molecule has 1 heterocycles. The van der Waals surface area contributed by atoms with Crippen molar-refractivity contribution < 1.29 is 9.13 Å². The van der Waals surface area contributed by atoms with E-state index in [1.165, 1.54) is 17.4 Å². The first-order chi connectivity index (χ1) is 8.63. The van der Waals surface area contributed by atoms with E-state index in [9.17, 15) is 4.39 Å². The topological polar surface area (TPSA) is 35.2 Å². The lowest BCUT2D eigenvalue weighted by Crippen LogP contribution is -2.11. The summed E-state index contributed by atoms with van der Waals surface area (Å²) in [5.41, 5.74) is 6.71. The number of hydrogen-bond donors (Lipinski definition) is 1. The quantitative estimate of drug-likeness (QED) is 0.905. The van der Waals surface area contributed by atoms with Gasteiger partial charge in [0.15, 0.2) is 11.6 Å². The highest BCUT2D eigenvalue weighted by Crippen LogP contribution is 2.33. The average molecular weight is 322 g/mol. The second-order valence-corrected chi connectivity index (χ2v) is 5.13. The van der Waals surface area contributed by atoms with E-state index in [1.54, 1.807) is 13.0 Å². The Bertz CT molecular complexity index is 510. The van der Waals surface area contributed by atoms with Crippen molar-refractivity contribution in [2.75, 3.05) is 6.61 Å². The summed E-state index contributed by atoms with van der Waals surface area (Å²) in [7, 11) is 0. The van der Waals surface area contributed by atoms with E-state index in [4.69, 9.17) is 22.1 Å². The van der Waals surface area contributed by atoms with Gasteiger partial charge in [-0.15, -0.1) is 23.7 Å². The van der Waals surface area contributed by atoms with Crippen LogP contribution in [0.5, 0.6) is 5.75 Å². The maximum atomic E-state index is 13.8. The predicted molar refractivity (Wildman–Crippen MR) is 80.2 cm³/mol. The van der Waals surface area contributed by atoms with Gasteiger partial charge < -0.3 is 10.5 Å². The van der Waals surface area contributed by atoms with Gasteiger partial charge in [0, 0.05) is 4.88 Å². The van der Waals surface area contributed by atoms with Crippen molar-refractivity contribution in [1.29, 1.82) is 0 Å². The molecule has 19 heavy (non-hydrogen) atoms. The number of ether oxygens (including phenoxy) is 1. The van der Waals surface area contributed by atoms with Gasteiger partial charge in [-0.05, 0) is 36.1 Å². The molecule has 0 aliphatic carbocycles. The SMILES string of the molecule is CCOc1c(F)cc([C@H](N)c2cccs2)cc1Cl.Cl. The molecule has 1 aromatic carbocycles. The fourth-order valence-electron chi connectivity index (χ4n) is 1.67. The Morgan fingerprint density at radius 2 is 2.21 bits per heavy atom. The first kappa shape index (κ1) is 16.2. The van der Waals surface area contributed by atoms with Crippen LogP contribution in [0.15, 0.2) is 29.6 Å². The van der Waals surface area contributed by atoms with E-state index in [0.717, 1.165) is 4.88 Å². The molecule has 2 nitrogen and oxygen atoms in total. The minimum absolute atomic E-state index is 0. The minimum Gasteiger partial charge on any atom is -0.489 e. The Morgan fingerprint density at radius 3 is 2.74 bits per heavy atom. The zero-order valence-corrected chi connectivity index (χ0v) is 12.6.